The standard InChI is InChI=1S/C19H13N7OS2/c27-12-7-5-11(6-8-12)9-20-18-25-23-15(28-18)10-21-19-26-24-16-13-3-1-2-4-14(13)22-17(16)29-19/h1-9,22,27H,10H2. The fraction of sp³-hybridized carbons (Fsp3) is 0.0526. The third kappa shape index (κ3) is 3.75. The normalized spacial score (nSPS) is 12.5. The van der Waals surface area contributed by atoms with Gasteiger partial charge in [-0.1, -0.05) is 40.9 Å². The molecule has 3 heterocycles. The van der Waals surface area contributed by atoms with Crippen molar-refractivity contribution in [2.75, 3.05) is 0 Å². The van der Waals surface area contributed by atoms with Crippen molar-refractivity contribution in [3.8, 4) is 5.75 Å². The highest BCUT2D eigenvalue weighted by atomic mass is 32.1. The van der Waals surface area contributed by atoms with Crippen molar-refractivity contribution in [1.29, 1.82) is 0 Å². The summed E-state index contributed by atoms with van der Waals surface area (Å²) >= 11 is 2.83. The molecule has 0 unspecified atom stereocenters. The number of phenolic OH excluding ortho intramolecular Hbond substituents is 1. The van der Waals surface area contributed by atoms with Crippen molar-refractivity contribution in [3.63, 3.8) is 0 Å². The summed E-state index contributed by atoms with van der Waals surface area (Å²) in [5.41, 5.74) is 2.75. The largest absolute Gasteiger partial charge is 0.508 e. The number of nitrogens with zero attached hydrogens (tertiary/aromatic N) is 6. The van der Waals surface area contributed by atoms with Crippen LogP contribution in [-0.4, -0.2) is 36.7 Å². The number of benzene rings is 2. The van der Waals surface area contributed by atoms with Crippen molar-refractivity contribution < 1.29 is 5.11 Å². The van der Waals surface area contributed by atoms with Crippen molar-refractivity contribution in [2.45, 2.75) is 6.54 Å². The fourth-order valence-corrected chi connectivity index (χ4v) is 4.14. The van der Waals surface area contributed by atoms with E-state index in [1.165, 1.54) is 22.7 Å². The first kappa shape index (κ1) is 17.6. The average molecular weight is 419 g/mol. The van der Waals surface area contributed by atoms with Crippen molar-refractivity contribution in [1.82, 2.24) is 25.4 Å². The molecular weight excluding hydrogens is 406 g/mol. The molecule has 2 N–H and O–H groups in total. The number of phenols is 1. The number of H-pyrrole nitrogens is 1. The van der Waals surface area contributed by atoms with Gasteiger partial charge in [0.25, 0.3) is 0 Å². The summed E-state index contributed by atoms with van der Waals surface area (Å²) in [5, 5.41) is 28.4. The van der Waals surface area contributed by atoms with Crippen LogP contribution in [0.5, 0.6) is 5.75 Å². The van der Waals surface area contributed by atoms with Crippen LogP contribution in [0.25, 0.3) is 21.3 Å². The molecule has 0 saturated carbocycles. The Kier molecular flexibility index (Phi) is 4.54. The van der Waals surface area contributed by atoms with Crippen LogP contribution < -0.4 is 4.80 Å². The number of rotatable bonds is 4. The summed E-state index contributed by atoms with van der Waals surface area (Å²) in [5.74, 6) is 0.219. The zero-order valence-corrected chi connectivity index (χ0v) is 16.5. The van der Waals surface area contributed by atoms with Crippen LogP contribution in [0.3, 0.4) is 0 Å². The molecule has 0 radical (unpaired) electrons. The second kappa shape index (κ2) is 7.49. The van der Waals surface area contributed by atoms with Crippen LogP contribution >= 0.6 is 22.7 Å². The molecule has 5 rings (SSSR count). The average Bonchev–Trinajstić information content (AvgIpc) is 3.35. The Balaban J connectivity index is 1.35. The summed E-state index contributed by atoms with van der Waals surface area (Å²) in [6, 6.07) is 14.8. The van der Waals surface area contributed by atoms with E-state index in [1.54, 1.807) is 30.5 Å². The number of nitrogens with one attached hydrogen (secondary N) is 1. The van der Waals surface area contributed by atoms with Crippen LogP contribution in [0.2, 0.25) is 0 Å². The van der Waals surface area contributed by atoms with Crippen LogP contribution in [0.1, 0.15) is 10.6 Å². The molecule has 0 bridgehead atoms. The number of fused-ring (bicyclic) bond motifs is 3. The second-order valence-corrected chi connectivity index (χ2v) is 8.10. The maximum absolute atomic E-state index is 9.31. The minimum Gasteiger partial charge on any atom is -0.508 e. The van der Waals surface area contributed by atoms with Gasteiger partial charge in [-0.3, -0.25) is 0 Å². The van der Waals surface area contributed by atoms with E-state index in [0.29, 0.717) is 16.5 Å². The number of hydrogen-bond donors (Lipinski definition) is 2. The van der Waals surface area contributed by atoms with E-state index in [1.807, 2.05) is 24.3 Å². The van der Waals surface area contributed by atoms with E-state index < -0.39 is 0 Å². The Morgan fingerprint density at radius 1 is 0.966 bits per heavy atom. The van der Waals surface area contributed by atoms with Gasteiger partial charge in [0.1, 0.15) is 21.1 Å². The molecule has 0 fully saturated rings. The number of aromatic nitrogens is 5. The molecule has 0 spiro atoms. The highest BCUT2D eigenvalue weighted by Gasteiger charge is 2.06. The van der Waals surface area contributed by atoms with Gasteiger partial charge < -0.3 is 10.1 Å². The number of aliphatic imine (C=N–C) groups is 1. The van der Waals surface area contributed by atoms with Crippen LogP contribution in [-0.2, 0) is 6.54 Å². The predicted molar refractivity (Wildman–Crippen MR) is 114 cm³/mol. The summed E-state index contributed by atoms with van der Waals surface area (Å²) in [4.78, 5) is 13.7. The molecule has 10 heteroatoms. The Bertz CT molecular complexity index is 1400. The van der Waals surface area contributed by atoms with Crippen molar-refractivity contribution in [3.05, 3.63) is 63.9 Å². The van der Waals surface area contributed by atoms with Crippen molar-refractivity contribution >= 4 is 55.3 Å². The maximum atomic E-state index is 9.31. The molecule has 3 aromatic heterocycles. The second-order valence-electron chi connectivity index (χ2n) is 6.08. The van der Waals surface area contributed by atoms with Gasteiger partial charge in [0.05, 0.1) is 6.54 Å². The van der Waals surface area contributed by atoms with Crippen LogP contribution in [0.15, 0.2) is 58.5 Å². The lowest BCUT2D eigenvalue weighted by Gasteiger charge is -1.92. The molecule has 8 nitrogen and oxygen atoms in total. The molecule has 0 aliphatic carbocycles. The molecule has 0 amide bonds. The zero-order chi connectivity index (χ0) is 19.6. The van der Waals surface area contributed by atoms with E-state index in [9.17, 15) is 5.11 Å². The van der Waals surface area contributed by atoms with Gasteiger partial charge in [-0.05, 0) is 35.9 Å². The molecule has 0 aliphatic heterocycles. The first-order valence-corrected chi connectivity index (χ1v) is 10.3. The quantitative estimate of drug-likeness (QED) is 0.432. The van der Waals surface area contributed by atoms with Crippen LogP contribution in [0, 0.1) is 0 Å². The Morgan fingerprint density at radius 2 is 1.83 bits per heavy atom. The Morgan fingerprint density at radius 3 is 2.72 bits per heavy atom. The summed E-state index contributed by atoms with van der Waals surface area (Å²) in [6.07, 6.45) is 1.68. The summed E-state index contributed by atoms with van der Waals surface area (Å²) in [7, 11) is 0. The van der Waals surface area contributed by atoms with Gasteiger partial charge in [0.15, 0.2) is 0 Å². The lowest BCUT2D eigenvalue weighted by atomic mass is 10.2. The number of para-hydroxylation sites is 1. The van der Waals surface area contributed by atoms with Gasteiger partial charge in [-0.15, -0.1) is 20.4 Å². The molecule has 5 aromatic rings. The third-order valence-electron chi connectivity index (χ3n) is 4.10. The number of aromatic amines is 1. The van der Waals surface area contributed by atoms with Crippen molar-refractivity contribution in [2.24, 2.45) is 9.98 Å². The third-order valence-corrected chi connectivity index (χ3v) is 5.81. The minimum atomic E-state index is 0.219. The smallest absolute Gasteiger partial charge is 0.231 e. The van der Waals surface area contributed by atoms with Gasteiger partial charge in [-0.2, -0.15) is 0 Å². The van der Waals surface area contributed by atoms with E-state index in [4.69, 9.17) is 0 Å². The molecule has 0 saturated heterocycles. The highest BCUT2D eigenvalue weighted by molar-refractivity contribution is 7.15. The molecule has 29 heavy (non-hydrogen) atoms. The van der Waals surface area contributed by atoms with E-state index in [0.717, 1.165) is 31.8 Å². The van der Waals surface area contributed by atoms with E-state index in [-0.39, 0.29) is 5.75 Å². The maximum Gasteiger partial charge on any atom is 0.231 e. The van der Waals surface area contributed by atoms with Gasteiger partial charge in [0.2, 0.25) is 9.93 Å². The topological polar surface area (TPSA) is 112 Å². The molecule has 2 aromatic carbocycles. The lowest BCUT2D eigenvalue weighted by molar-refractivity contribution is 0.475. The first-order chi connectivity index (χ1) is 14.2. The summed E-state index contributed by atoms with van der Waals surface area (Å²) in [6.45, 7) is 0.364. The SMILES string of the molecule is Oc1ccc(C=Nc2nnc(CN=c3nnc4c([nH]c5ccccc54)s3)s2)cc1. The molecular formula is C19H13N7OS2. The minimum absolute atomic E-state index is 0.219. The number of aromatic hydroxyl groups is 1. The van der Waals surface area contributed by atoms with E-state index >= 15 is 0 Å². The zero-order valence-electron chi connectivity index (χ0n) is 14.9. The van der Waals surface area contributed by atoms with Gasteiger partial charge in [0, 0.05) is 17.1 Å². The highest BCUT2D eigenvalue weighted by Crippen LogP contribution is 2.23. The molecule has 0 atom stereocenters. The first-order valence-electron chi connectivity index (χ1n) is 8.65. The van der Waals surface area contributed by atoms with E-state index in [2.05, 4.69) is 35.4 Å². The summed E-state index contributed by atoms with van der Waals surface area (Å²) < 4.78 is 0. The predicted octanol–water partition coefficient (Wildman–Crippen LogP) is 3.58. The van der Waals surface area contributed by atoms with Gasteiger partial charge >= 0.3 is 0 Å². The lowest BCUT2D eigenvalue weighted by Crippen LogP contribution is -2.05. The van der Waals surface area contributed by atoms with Crippen LogP contribution in [0.4, 0.5) is 5.13 Å². The van der Waals surface area contributed by atoms with Gasteiger partial charge in [-0.25, -0.2) is 9.98 Å². The molecule has 142 valence electrons. The number of hydrogen-bond acceptors (Lipinski definition) is 9. The Hall–Kier alpha value is -3.50. The Labute approximate surface area is 172 Å². The monoisotopic (exact) mass is 419 g/mol. The molecule has 0 aliphatic rings. The fourth-order valence-electron chi connectivity index (χ4n) is 2.73.